The van der Waals surface area contributed by atoms with Gasteiger partial charge in [0.05, 0.1) is 17.2 Å². The molecule has 0 aliphatic carbocycles. The second-order valence-electron chi connectivity index (χ2n) is 5.14. The number of carboxylic acids is 1. The zero-order valence-electron chi connectivity index (χ0n) is 13.5. The summed E-state index contributed by atoms with van der Waals surface area (Å²) in [5, 5.41) is 13.0. The van der Waals surface area contributed by atoms with E-state index in [0.717, 1.165) is 11.0 Å². The fourth-order valence-electron chi connectivity index (χ4n) is 2.31. The summed E-state index contributed by atoms with van der Waals surface area (Å²) in [7, 11) is -2.86. The highest BCUT2D eigenvalue weighted by Crippen LogP contribution is 2.33. The van der Waals surface area contributed by atoms with Crippen LogP contribution in [0, 0.1) is 0 Å². The molecule has 0 atom stereocenters. The highest BCUT2D eigenvalue weighted by molar-refractivity contribution is 7.92. The van der Waals surface area contributed by atoms with Gasteiger partial charge in [0, 0.05) is 0 Å². The summed E-state index contributed by atoms with van der Waals surface area (Å²) in [5.41, 5.74) is 0.0825. The molecule has 0 aliphatic heterocycles. The van der Waals surface area contributed by atoms with Gasteiger partial charge in [0.2, 0.25) is 5.88 Å². The van der Waals surface area contributed by atoms with Gasteiger partial charge in [0.25, 0.3) is 10.0 Å². The van der Waals surface area contributed by atoms with Gasteiger partial charge < -0.3 is 9.84 Å². The molecule has 2 heterocycles. The van der Waals surface area contributed by atoms with Crippen molar-refractivity contribution < 1.29 is 23.1 Å². The summed E-state index contributed by atoms with van der Waals surface area (Å²) in [5.74, 6) is -1.35. The molecule has 0 amide bonds. The Balaban J connectivity index is 2.13. The molecule has 3 rings (SSSR count). The number of aliphatic carboxylic acids is 1. The van der Waals surface area contributed by atoms with Crippen molar-refractivity contribution in [2.24, 2.45) is 0 Å². The first-order chi connectivity index (χ1) is 12.7. The standard InChI is InChI=1S/C14H11Cl2N5O5S/c1-26-14-10-12(17-6-18-13(10)21(19-14)5-9(22)23)20-27(24,25)8-4-2-3-7(15)11(8)16/h2-4,6H,5H2,1H3,(H,22,23)(H,17,18,20). The molecule has 1 aromatic carbocycles. The number of aromatic nitrogens is 4. The fourth-order valence-corrected chi connectivity index (χ4v) is 4.09. The Morgan fingerprint density at radius 1 is 1.33 bits per heavy atom. The number of carboxylic acid groups (broad SMARTS) is 1. The maximum absolute atomic E-state index is 12.7. The molecule has 0 spiro atoms. The van der Waals surface area contributed by atoms with Crippen LogP contribution in [-0.4, -0.2) is 46.4 Å². The van der Waals surface area contributed by atoms with Crippen molar-refractivity contribution in [1.29, 1.82) is 0 Å². The summed E-state index contributed by atoms with van der Waals surface area (Å²) in [4.78, 5) is 18.6. The van der Waals surface area contributed by atoms with E-state index in [1.165, 1.54) is 25.3 Å². The monoisotopic (exact) mass is 431 g/mol. The molecular weight excluding hydrogens is 421 g/mol. The van der Waals surface area contributed by atoms with E-state index in [-0.39, 0.29) is 37.7 Å². The van der Waals surface area contributed by atoms with Crippen molar-refractivity contribution in [3.8, 4) is 5.88 Å². The molecule has 0 radical (unpaired) electrons. The second kappa shape index (κ2) is 7.18. The first-order valence-corrected chi connectivity index (χ1v) is 9.42. The number of hydrogen-bond donors (Lipinski definition) is 2. The van der Waals surface area contributed by atoms with E-state index in [9.17, 15) is 13.2 Å². The molecule has 0 saturated heterocycles. The van der Waals surface area contributed by atoms with Crippen LogP contribution in [0.4, 0.5) is 5.82 Å². The van der Waals surface area contributed by atoms with Gasteiger partial charge in [-0.05, 0) is 12.1 Å². The minimum atomic E-state index is -4.16. The molecule has 0 saturated carbocycles. The first kappa shape index (κ1) is 19.1. The topological polar surface area (TPSA) is 136 Å². The number of ether oxygens (including phenoxy) is 1. The van der Waals surface area contributed by atoms with E-state index in [2.05, 4.69) is 19.8 Å². The lowest BCUT2D eigenvalue weighted by atomic mass is 10.4. The summed E-state index contributed by atoms with van der Waals surface area (Å²) in [6, 6.07) is 4.16. The van der Waals surface area contributed by atoms with Crippen molar-refractivity contribution in [3.63, 3.8) is 0 Å². The highest BCUT2D eigenvalue weighted by Gasteiger charge is 2.25. The molecule has 3 aromatic rings. The number of sulfonamides is 1. The van der Waals surface area contributed by atoms with E-state index < -0.39 is 22.5 Å². The summed E-state index contributed by atoms with van der Waals surface area (Å²) >= 11 is 11.9. The molecule has 27 heavy (non-hydrogen) atoms. The van der Waals surface area contributed by atoms with Crippen LogP contribution in [0.5, 0.6) is 5.88 Å². The van der Waals surface area contributed by atoms with Gasteiger partial charge in [0.15, 0.2) is 11.5 Å². The third-order valence-electron chi connectivity index (χ3n) is 3.41. The number of benzene rings is 1. The molecule has 0 fully saturated rings. The van der Waals surface area contributed by atoms with Crippen LogP contribution < -0.4 is 9.46 Å². The number of anilines is 1. The zero-order valence-corrected chi connectivity index (χ0v) is 15.9. The molecule has 0 aliphatic rings. The van der Waals surface area contributed by atoms with Crippen molar-refractivity contribution in [1.82, 2.24) is 19.7 Å². The number of methoxy groups -OCH3 is 1. The highest BCUT2D eigenvalue weighted by atomic mass is 35.5. The van der Waals surface area contributed by atoms with E-state index in [4.69, 9.17) is 33.0 Å². The van der Waals surface area contributed by atoms with Crippen LogP contribution in [0.3, 0.4) is 0 Å². The molecule has 142 valence electrons. The third-order valence-corrected chi connectivity index (χ3v) is 5.72. The minimum Gasteiger partial charge on any atom is -0.480 e. The van der Waals surface area contributed by atoms with Gasteiger partial charge in [-0.2, -0.15) is 0 Å². The Morgan fingerprint density at radius 3 is 2.74 bits per heavy atom. The number of nitrogens with zero attached hydrogens (tertiary/aromatic N) is 4. The Hall–Kier alpha value is -2.63. The smallest absolute Gasteiger partial charge is 0.325 e. The summed E-state index contributed by atoms with van der Waals surface area (Å²) in [6.07, 6.45) is 1.07. The maximum Gasteiger partial charge on any atom is 0.325 e. The average molecular weight is 432 g/mol. The van der Waals surface area contributed by atoms with Crippen molar-refractivity contribution in [3.05, 3.63) is 34.6 Å². The number of fused-ring (bicyclic) bond motifs is 1. The van der Waals surface area contributed by atoms with Gasteiger partial charge >= 0.3 is 5.97 Å². The van der Waals surface area contributed by atoms with Crippen LogP contribution in [0.1, 0.15) is 0 Å². The van der Waals surface area contributed by atoms with E-state index in [0.29, 0.717) is 0 Å². The van der Waals surface area contributed by atoms with Crippen LogP contribution in [0.25, 0.3) is 11.0 Å². The Bertz CT molecular complexity index is 1150. The maximum atomic E-state index is 12.7. The van der Waals surface area contributed by atoms with E-state index >= 15 is 0 Å². The number of carbonyl (C=O) groups is 1. The van der Waals surface area contributed by atoms with Gasteiger partial charge in [-0.1, -0.05) is 29.3 Å². The SMILES string of the molecule is COc1nn(CC(=O)O)c2ncnc(NS(=O)(=O)c3cccc(Cl)c3Cl)c12. The van der Waals surface area contributed by atoms with Crippen LogP contribution in [0.15, 0.2) is 29.4 Å². The van der Waals surface area contributed by atoms with Crippen molar-refractivity contribution in [2.45, 2.75) is 11.4 Å². The van der Waals surface area contributed by atoms with Gasteiger partial charge in [0.1, 0.15) is 23.2 Å². The fraction of sp³-hybridized carbons (Fsp3) is 0.143. The van der Waals surface area contributed by atoms with Gasteiger partial charge in [-0.3, -0.25) is 9.52 Å². The lowest BCUT2D eigenvalue weighted by Gasteiger charge is -2.10. The Kier molecular flexibility index (Phi) is 5.09. The average Bonchev–Trinajstić information content (AvgIpc) is 2.95. The largest absolute Gasteiger partial charge is 0.480 e. The number of nitrogens with one attached hydrogen (secondary N) is 1. The van der Waals surface area contributed by atoms with Crippen molar-refractivity contribution >= 4 is 56.0 Å². The Labute approximate surface area is 162 Å². The molecule has 13 heteroatoms. The molecular formula is C14H11Cl2N5O5S. The van der Waals surface area contributed by atoms with Crippen molar-refractivity contribution in [2.75, 3.05) is 11.8 Å². The predicted octanol–water partition coefficient (Wildman–Crippen LogP) is 2.03. The molecule has 0 bridgehead atoms. The van der Waals surface area contributed by atoms with Crippen LogP contribution >= 0.6 is 23.2 Å². The van der Waals surface area contributed by atoms with Gasteiger partial charge in [-0.25, -0.2) is 23.1 Å². The normalized spacial score (nSPS) is 11.5. The lowest BCUT2D eigenvalue weighted by molar-refractivity contribution is -0.137. The van der Waals surface area contributed by atoms with Crippen LogP contribution in [-0.2, 0) is 21.4 Å². The Morgan fingerprint density at radius 2 is 2.07 bits per heavy atom. The second-order valence-corrected chi connectivity index (χ2v) is 7.57. The number of hydrogen-bond acceptors (Lipinski definition) is 7. The van der Waals surface area contributed by atoms with E-state index in [1.807, 2.05) is 0 Å². The number of rotatable bonds is 6. The minimum absolute atomic E-state index is 0.0401. The lowest BCUT2D eigenvalue weighted by Crippen LogP contribution is -2.15. The summed E-state index contributed by atoms with van der Waals surface area (Å²) < 4.78 is 33.9. The third kappa shape index (κ3) is 3.61. The molecule has 2 N–H and O–H groups in total. The molecule has 2 aromatic heterocycles. The first-order valence-electron chi connectivity index (χ1n) is 7.18. The number of halogens is 2. The molecule has 10 nitrogen and oxygen atoms in total. The van der Waals surface area contributed by atoms with Gasteiger partial charge in [-0.15, -0.1) is 5.10 Å². The zero-order chi connectivity index (χ0) is 19.8. The summed E-state index contributed by atoms with van der Waals surface area (Å²) in [6.45, 7) is -0.497. The van der Waals surface area contributed by atoms with E-state index in [1.54, 1.807) is 0 Å². The molecule has 0 unspecified atom stereocenters. The quantitative estimate of drug-likeness (QED) is 0.604. The van der Waals surface area contributed by atoms with Crippen LogP contribution in [0.2, 0.25) is 10.0 Å². The predicted molar refractivity (Wildman–Crippen MR) is 96.8 cm³/mol.